The van der Waals surface area contributed by atoms with Crippen LogP contribution < -0.4 is 15.0 Å². The summed E-state index contributed by atoms with van der Waals surface area (Å²) in [6.07, 6.45) is 0.337. The van der Waals surface area contributed by atoms with E-state index in [0.29, 0.717) is 22.6 Å². The Bertz CT molecular complexity index is 1080. The molecule has 0 spiro atoms. The smallest absolute Gasteiger partial charge is 0.344 e. The molecule has 9 heteroatoms. The second kappa shape index (κ2) is 8.50. The van der Waals surface area contributed by atoms with Crippen molar-refractivity contribution in [3.63, 3.8) is 0 Å². The Kier molecular flexibility index (Phi) is 6.02. The van der Waals surface area contributed by atoms with E-state index >= 15 is 0 Å². The van der Waals surface area contributed by atoms with Gasteiger partial charge in [-0.05, 0) is 61.4 Å². The predicted octanol–water partition coefficient (Wildman–Crippen LogP) is 3.28. The van der Waals surface area contributed by atoms with Crippen LogP contribution in [0.15, 0.2) is 52.5 Å². The first kappa shape index (κ1) is 21.3. The average molecular weight is 473 g/mol. The van der Waals surface area contributed by atoms with Gasteiger partial charge < -0.3 is 9.84 Å². The Morgan fingerprint density at radius 1 is 1.17 bits per heavy atom. The van der Waals surface area contributed by atoms with Crippen molar-refractivity contribution in [2.75, 3.05) is 4.90 Å². The number of nitrogens with one attached hydrogen (secondary N) is 1. The molecule has 8 nitrogen and oxygen atoms in total. The molecular weight excluding hydrogens is 456 g/mol. The Morgan fingerprint density at radius 2 is 1.83 bits per heavy atom. The maximum Gasteiger partial charge on any atom is 0.344 e. The number of aryl methyl sites for hydroxylation is 1. The van der Waals surface area contributed by atoms with Gasteiger partial charge in [0.1, 0.15) is 11.3 Å². The molecule has 2 aromatic rings. The van der Waals surface area contributed by atoms with Gasteiger partial charge in [0.25, 0.3) is 11.8 Å². The molecule has 1 aliphatic heterocycles. The third kappa shape index (κ3) is 4.41. The van der Waals surface area contributed by atoms with Crippen molar-refractivity contribution in [2.24, 2.45) is 0 Å². The zero-order chi connectivity index (χ0) is 22.0. The number of hydrogen-bond donors (Lipinski definition) is 2. The first-order valence-corrected chi connectivity index (χ1v) is 9.64. The molecule has 1 aliphatic rings. The molecule has 0 radical (unpaired) electrons. The highest BCUT2D eigenvalue weighted by atomic mass is 79.9. The number of benzene rings is 2. The number of ether oxygens (including phenoxy) is 1. The maximum absolute atomic E-state index is 12.9. The average Bonchev–Trinajstić information content (AvgIpc) is 2.67. The minimum absolute atomic E-state index is 0.204. The molecule has 3 rings (SSSR count). The second-order valence-electron chi connectivity index (χ2n) is 6.56. The van der Waals surface area contributed by atoms with Crippen LogP contribution in [-0.4, -0.2) is 35.0 Å². The number of nitrogens with zero attached hydrogens (tertiary/aromatic N) is 1. The van der Waals surface area contributed by atoms with Crippen LogP contribution in [0.3, 0.4) is 0 Å². The highest BCUT2D eigenvalue weighted by molar-refractivity contribution is 9.10. The summed E-state index contributed by atoms with van der Waals surface area (Å²) in [5.41, 5.74) is 1.34. The number of barbiturate groups is 1. The van der Waals surface area contributed by atoms with Crippen LogP contribution in [0.1, 0.15) is 18.1 Å². The van der Waals surface area contributed by atoms with E-state index in [-0.39, 0.29) is 5.57 Å². The zero-order valence-corrected chi connectivity index (χ0v) is 17.6. The number of carbonyl (C=O) groups is 4. The van der Waals surface area contributed by atoms with Gasteiger partial charge in [-0.1, -0.05) is 28.1 Å². The van der Waals surface area contributed by atoms with E-state index in [4.69, 9.17) is 9.84 Å². The van der Waals surface area contributed by atoms with Gasteiger partial charge in [-0.3, -0.25) is 14.9 Å². The lowest BCUT2D eigenvalue weighted by atomic mass is 10.1. The first-order chi connectivity index (χ1) is 14.2. The van der Waals surface area contributed by atoms with E-state index in [2.05, 4.69) is 21.2 Å². The van der Waals surface area contributed by atoms with Crippen LogP contribution in [0.4, 0.5) is 10.5 Å². The highest BCUT2D eigenvalue weighted by Crippen LogP contribution is 2.27. The van der Waals surface area contributed by atoms with Gasteiger partial charge in [-0.15, -0.1) is 0 Å². The van der Waals surface area contributed by atoms with Crippen molar-refractivity contribution in [3.05, 3.63) is 63.6 Å². The van der Waals surface area contributed by atoms with E-state index in [0.717, 1.165) is 9.37 Å². The number of aliphatic carboxylic acids is 1. The molecule has 0 bridgehead atoms. The van der Waals surface area contributed by atoms with Crippen LogP contribution in [0.2, 0.25) is 0 Å². The van der Waals surface area contributed by atoms with E-state index < -0.39 is 29.9 Å². The van der Waals surface area contributed by atoms with Crippen molar-refractivity contribution >= 4 is 51.5 Å². The zero-order valence-electron chi connectivity index (χ0n) is 16.0. The summed E-state index contributed by atoms with van der Waals surface area (Å²) in [5.74, 6) is -2.31. The Hall–Kier alpha value is -3.46. The summed E-state index contributed by atoms with van der Waals surface area (Å²) in [6, 6.07) is 10.4. The lowest BCUT2D eigenvalue weighted by molar-refractivity contribution is -0.144. The van der Waals surface area contributed by atoms with Crippen molar-refractivity contribution in [1.29, 1.82) is 0 Å². The quantitative estimate of drug-likeness (QED) is 0.509. The Balaban J connectivity index is 1.90. The van der Waals surface area contributed by atoms with Gasteiger partial charge >= 0.3 is 12.0 Å². The van der Waals surface area contributed by atoms with Crippen LogP contribution in [0.5, 0.6) is 5.75 Å². The van der Waals surface area contributed by atoms with E-state index in [9.17, 15) is 19.2 Å². The molecule has 0 aromatic heterocycles. The first-order valence-electron chi connectivity index (χ1n) is 8.84. The number of hydrogen-bond acceptors (Lipinski definition) is 5. The molecule has 0 unspecified atom stereocenters. The maximum atomic E-state index is 12.9. The van der Waals surface area contributed by atoms with E-state index in [1.807, 2.05) is 0 Å². The van der Waals surface area contributed by atoms with Gasteiger partial charge in [-0.25, -0.2) is 14.5 Å². The number of halogens is 1. The summed E-state index contributed by atoms with van der Waals surface area (Å²) in [5, 5.41) is 11.1. The standard InChI is InChI=1S/C21H17BrN2O6/c1-11-9-14(22)5-8-17(11)24-19(26)16(18(25)23-21(24)29)10-13-3-6-15(7-4-13)30-12(2)20(27)28/h3-10,12H,1-2H3,(H,27,28)(H,23,25,29)/b16-10+/t12-/m1/s1. The predicted molar refractivity (Wildman–Crippen MR) is 112 cm³/mol. The summed E-state index contributed by atoms with van der Waals surface area (Å²) < 4.78 is 6.04. The second-order valence-corrected chi connectivity index (χ2v) is 7.47. The minimum atomic E-state index is -1.10. The van der Waals surface area contributed by atoms with Gasteiger partial charge in [-0.2, -0.15) is 0 Å². The molecule has 2 aromatic carbocycles. The molecule has 0 aliphatic carbocycles. The van der Waals surface area contributed by atoms with Crippen LogP contribution in [0.25, 0.3) is 6.08 Å². The number of carboxylic acids is 1. The van der Waals surface area contributed by atoms with Crippen LogP contribution in [-0.2, 0) is 14.4 Å². The lowest BCUT2D eigenvalue weighted by Gasteiger charge is -2.27. The highest BCUT2D eigenvalue weighted by Gasteiger charge is 2.37. The van der Waals surface area contributed by atoms with Gasteiger partial charge in [0.2, 0.25) is 0 Å². The summed E-state index contributed by atoms with van der Waals surface area (Å²) in [7, 11) is 0. The molecule has 2 N–H and O–H groups in total. The SMILES string of the molecule is Cc1cc(Br)ccc1N1C(=O)NC(=O)/C(=C\c2ccc(O[C@H](C)C(=O)O)cc2)C1=O. The molecule has 1 saturated heterocycles. The largest absolute Gasteiger partial charge is 0.479 e. The number of carbonyl (C=O) groups excluding carboxylic acids is 3. The third-order valence-electron chi connectivity index (χ3n) is 4.35. The van der Waals surface area contributed by atoms with Gasteiger partial charge in [0, 0.05) is 4.47 Å². The summed E-state index contributed by atoms with van der Waals surface area (Å²) >= 11 is 3.33. The number of anilines is 1. The normalized spacial score (nSPS) is 16.4. The third-order valence-corrected chi connectivity index (χ3v) is 4.85. The summed E-state index contributed by atoms with van der Waals surface area (Å²) in [4.78, 5) is 49.3. The fourth-order valence-electron chi connectivity index (χ4n) is 2.81. The van der Waals surface area contributed by atoms with E-state index in [1.165, 1.54) is 25.1 Å². The Morgan fingerprint density at radius 3 is 2.43 bits per heavy atom. The number of urea groups is 1. The van der Waals surface area contributed by atoms with Crippen molar-refractivity contribution in [1.82, 2.24) is 5.32 Å². The van der Waals surface area contributed by atoms with E-state index in [1.54, 1.807) is 37.3 Å². The Labute approximate surface area is 180 Å². The fourth-order valence-corrected chi connectivity index (χ4v) is 3.29. The van der Waals surface area contributed by atoms with Gasteiger partial charge in [0.05, 0.1) is 5.69 Å². The molecule has 4 amide bonds. The van der Waals surface area contributed by atoms with Gasteiger partial charge in [0.15, 0.2) is 6.10 Å². The molecular formula is C21H17BrN2O6. The van der Waals surface area contributed by atoms with Crippen LogP contribution in [0, 0.1) is 6.92 Å². The van der Waals surface area contributed by atoms with Crippen molar-refractivity contribution in [3.8, 4) is 5.75 Å². The van der Waals surface area contributed by atoms with Crippen molar-refractivity contribution < 1.29 is 29.0 Å². The van der Waals surface area contributed by atoms with Crippen LogP contribution >= 0.6 is 15.9 Å². The lowest BCUT2D eigenvalue weighted by Crippen LogP contribution is -2.54. The topological polar surface area (TPSA) is 113 Å². The van der Waals surface area contributed by atoms with Crippen molar-refractivity contribution in [2.45, 2.75) is 20.0 Å². The molecule has 154 valence electrons. The fraction of sp³-hybridized carbons (Fsp3) is 0.143. The molecule has 1 heterocycles. The monoisotopic (exact) mass is 472 g/mol. The molecule has 1 atom stereocenters. The molecule has 1 fully saturated rings. The minimum Gasteiger partial charge on any atom is -0.479 e. The number of imide groups is 2. The molecule has 30 heavy (non-hydrogen) atoms. The number of amides is 4. The number of carboxylic acid groups (broad SMARTS) is 1. The number of rotatable bonds is 5. The summed E-state index contributed by atoms with van der Waals surface area (Å²) in [6.45, 7) is 3.15. The molecule has 0 saturated carbocycles.